The molecule has 0 aromatic rings. The first kappa shape index (κ1) is 10.3. The van der Waals surface area contributed by atoms with Gasteiger partial charge >= 0.3 is 0 Å². The molecule has 0 fully saturated rings. The van der Waals surface area contributed by atoms with Crippen LogP contribution in [0.25, 0.3) is 0 Å². The molecular weight excluding hydrogens is 191 g/mol. The molecule has 9 heavy (non-hydrogen) atoms. The van der Waals surface area contributed by atoms with Crippen LogP contribution in [-0.2, 0) is 16.3 Å². The van der Waals surface area contributed by atoms with Crippen molar-refractivity contribution in [2.45, 2.75) is 13.8 Å². The molecule has 0 heterocycles. The molecule has 0 amide bonds. The highest BCUT2D eigenvalue weighted by molar-refractivity contribution is 8.95. The molecule has 0 saturated heterocycles. The average molecular weight is 202 g/mol. The fourth-order valence-corrected chi connectivity index (χ4v) is 5.26. The van der Waals surface area contributed by atoms with Crippen molar-refractivity contribution < 1.29 is 4.52 Å². The Balaban J connectivity index is 3.58. The van der Waals surface area contributed by atoms with Crippen LogP contribution in [0.4, 0.5) is 0 Å². The van der Waals surface area contributed by atoms with E-state index in [1.165, 1.54) is 0 Å². The first-order valence-electron chi connectivity index (χ1n) is 2.74. The number of rotatable bonds is 4. The summed E-state index contributed by atoms with van der Waals surface area (Å²) in [5, 5.41) is 0. The lowest BCUT2D eigenvalue weighted by molar-refractivity contribution is 0.393. The predicted octanol–water partition coefficient (Wildman–Crippen LogP) is 2.93. The molecule has 0 saturated carbocycles. The van der Waals surface area contributed by atoms with Crippen LogP contribution in [0.5, 0.6) is 0 Å². The maximum atomic E-state index is 5.22. The number of thiol groups is 1. The van der Waals surface area contributed by atoms with E-state index in [2.05, 4.69) is 19.2 Å². The second-order valence-electron chi connectivity index (χ2n) is 1.30. The van der Waals surface area contributed by atoms with E-state index in [4.69, 9.17) is 16.3 Å². The van der Waals surface area contributed by atoms with Gasteiger partial charge in [0.25, 0.3) is 0 Å². The molecule has 1 atom stereocenters. The van der Waals surface area contributed by atoms with Gasteiger partial charge in [0.1, 0.15) is 0 Å². The second-order valence-corrected chi connectivity index (χ2v) is 11.2. The molecule has 0 aromatic heterocycles. The normalized spacial score (nSPS) is 17.2. The molecule has 0 bridgehead atoms. The van der Waals surface area contributed by atoms with Crippen LogP contribution in [0.15, 0.2) is 0 Å². The number of hydrogen-bond donors (Lipinski definition) is 1. The Kier molecular flexibility index (Phi) is 5.76. The molecule has 1 unspecified atom stereocenters. The fraction of sp³-hybridized carbons (Fsp3) is 1.00. The lowest BCUT2D eigenvalue weighted by Gasteiger charge is -2.11. The van der Waals surface area contributed by atoms with Gasteiger partial charge in [-0.05, 0) is 24.5 Å². The minimum atomic E-state index is -1.75. The van der Waals surface area contributed by atoms with Crippen molar-refractivity contribution >= 4 is 40.1 Å². The van der Waals surface area contributed by atoms with E-state index in [9.17, 15) is 0 Å². The largest absolute Gasteiger partial charge is 0.334 e. The summed E-state index contributed by atoms with van der Waals surface area (Å²) < 4.78 is 3.47. The lowest BCUT2D eigenvalue weighted by Crippen LogP contribution is -1.78. The summed E-state index contributed by atoms with van der Waals surface area (Å²) in [7, 11) is 0. The molecule has 0 N–H and O–H groups in total. The molecule has 1 nitrogen and oxygen atoms in total. The van der Waals surface area contributed by atoms with E-state index in [-0.39, 0.29) is 0 Å². The molecule has 0 aliphatic heterocycles. The highest BCUT2D eigenvalue weighted by Gasteiger charge is 2.08. The van der Waals surface area contributed by atoms with Crippen LogP contribution in [0.1, 0.15) is 13.8 Å². The summed E-state index contributed by atoms with van der Waals surface area (Å²) in [6.45, 7) is 4.67. The standard InChI is InChI=1S/C4H11OPS3/c1-3-5-6(7,8)9-4-2/h3-4H2,1-2H3,(H,7,8). The summed E-state index contributed by atoms with van der Waals surface area (Å²) in [6, 6.07) is 0. The summed E-state index contributed by atoms with van der Waals surface area (Å²) in [4.78, 5) is 0. The monoisotopic (exact) mass is 202 g/mol. The van der Waals surface area contributed by atoms with Gasteiger partial charge in [-0.3, -0.25) is 0 Å². The summed E-state index contributed by atoms with van der Waals surface area (Å²) >= 11 is 10.9. The van der Waals surface area contributed by atoms with Crippen LogP contribution < -0.4 is 0 Å². The van der Waals surface area contributed by atoms with Gasteiger partial charge in [-0.1, -0.05) is 18.3 Å². The Hall–Kier alpha value is 1.31. The Morgan fingerprint density at radius 1 is 1.67 bits per heavy atom. The Morgan fingerprint density at radius 3 is 2.56 bits per heavy atom. The van der Waals surface area contributed by atoms with Gasteiger partial charge in [-0.2, -0.15) is 0 Å². The zero-order valence-corrected chi connectivity index (χ0v) is 8.96. The van der Waals surface area contributed by atoms with E-state index in [1.807, 2.05) is 6.92 Å². The molecule has 5 heteroatoms. The Bertz CT molecular complexity index is 106. The summed E-state index contributed by atoms with van der Waals surface area (Å²) in [6.07, 6.45) is 0. The van der Waals surface area contributed by atoms with E-state index in [0.717, 1.165) is 5.75 Å². The maximum Gasteiger partial charge on any atom is 0.171 e. The zero-order valence-electron chi connectivity index (χ0n) is 5.53. The lowest BCUT2D eigenvalue weighted by atomic mass is 10.9. The van der Waals surface area contributed by atoms with Crippen LogP contribution in [-0.4, -0.2) is 12.4 Å². The van der Waals surface area contributed by atoms with Gasteiger partial charge < -0.3 is 4.52 Å². The second kappa shape index (κ2) is 5.03. The fourth-order valence-electron chi connectivity index (χ4n) is 0.364. The van der Waals surface area contributed by atoms with E-state index >= 15 is 0 Å². The smallest absolute Gasteiger partial charge is 0.171 e. The van der Waals surface area contributed by atoms with Crippen LogP contribution in [0.3, 0.4) is 0 Å². The molecule has 0 aromatic carbocycles. The van der Waals surface area contributed by atoms with Crippen LogP contribution in [0.2, 0.25) is 0 Å². The highest BCUT2D eigenvalue weighted by atomic mass is 33.2. The summed E-state index contributed by atoms with van der Waals surface area (Å²) in [5.41, 5.74) is 0. The SMILES string of the molecule is CCOP(=S)(S)SCC. The molecule has 56 valence electrons. The minimum absolute atomic E-state index is 0.674. The predicted molar refractivity (Wildman–Crippen MR) is 53.0 cm³/mol. The molecule has 0 spiro atoms. The van der Waals surface area contributed by atoms with E-state index in [0.29, 0.717) is 6.61 Å². The molecule has 0 rings (SSSR count). The topological polar surface area (TPSA) is 9.23 Å². The Morgan fingerprint density at radius 2 is 2.22 bits per heavy atom. The highest BCUT2D eigenvalue weighted by Crippen LogP contribution is 2.63. The van der Waals surface area contributed by atoms with Crippen molar-refractivity contribution in [3.63, 3.8) is 0 Å². The van der Waals surface area contributed by atoms with Gasteiger partial charge in [0.05, 0.1) is 6.61 Å². The van der Waals surface area contributed by atoms with Crippen molar-refractivity contribution in [2.75, 3.05) is 12.4 Å². The minimum Gasteiger partial charge on any atom is -0.334 e. The average Bonchev–Trinajstić information content (AvgIpc) is 1.64. The van der Waals surface area contributed by atoms with E-state index < -0.39 is 4.67 Å². The van der Waals surface area contributed by atoms with Crippen molar-refractivity contribution in [3.05, 3.63) is 0 Å². The van der Waals surface area contributed by atoms with Gasteiger partial charge in [0, 0.05) is 0 Å². The number of hydrogen-bond acceptors (Lipinski definition) is 3. The summed E-state index contributed by atoms with van der Waals surface area (Å²) in [5.74, 6) is 0.987. The molecular formula is C4H11OPS3. The van der Waals surface area contributed by atoms with Crippen LogP contribution >= 0.6 is 28.3 Å². The van der Waals surface area contributed by atoms with Crippen LogP contribution in [0, 0.1) is 0 Å². The first-order valence-corrected chi connectivity index (χ1v) is 8.20. The quantitative estimate of drug-likeness (QED) is 0.555. The van der Waals surface area contributed by atoms with Crippen molar-refractivity contribution in [3.8, 4) is 0 Å². The molecule has 0 radical (unpaired) electrons. The van der Waals surface area contributed by atoms with Crippen molar-refractivity contribution in [2.24, 2.45) is 0 Å². The van der Waals surface area contributed by atoms with Gasteiger partial charge in [0.2, 0.25) is 0 Å². The van der Waals surface area contributed by atoms with Crippen molar-refractivity contribution in [1.82, 2.24) is 0 Å². The third kappa shape index (κ3) is 5.74. The third-order valence-electron chi connectivity index (χ3n) is 0.584. The van der Waals surface area contributed by atoms with Crippen molar-refractivity contribution in [1.29, 1.82) is 0 Å². The Labute approximate surface area is 70.9 Å². The zero-order chi connectivity index (χ0) is 7.33. The molecule has 0 aliphatic rings. The van der Waals surface area contributed by atoms with E-state index in [1.54, 1.807) is 11.4 Å². The maximum absolute atomic E-state index is 5.22. The van der Waals surface area contributed by atoms with Gasteiger partial charge in [-0.15, -0.1) is 12.2 Å². The first-order chi connectivity index (χ1) is 4.12. The van der Waals surface area contributed by atoms with Gasteiger partial charge in [-0.25, -0.2) is 0 Å². The molecule has 0 aliphatic carbocycles. The third-order valence-corrected chi connectivity index (χ3v) is 6.47. The van der Waals surface area contributed by atoms with Gasteiger partial charge in [0.15, 0.2) is 4.67 Å².